The number of benzene rings is 1. The maximum Gasteiger partial charge on any atom is 0.328 e. The van der Waals surface area contributed by atoms with Crippen LogP contribution in [0.15, 0.2) is 35.2 Å². The van der Waals surface area contributed by atoms with Gasteiger partial charge < -0.3 is 10.1 Å². The van der Waals surface area contributed by atoms with E-state index in [-0.39, 0.29) is 11.8 Å². The molecule has 0 heterocycles. The Bertz CT molecular complexity index is 570. The molecule has 1 aromatic rings. The highest BCUT2D eigenvalue weighted by Crippen LogP contribution is 2.24. The van der Waals surface area contributed by atoms with Gasteiger partial charge in [0.1, 0.15) is 6.04 Å². The van der Waals surface area contributed by atoms with Gasteiger partial charge in [-0.3, -0.25) is 9.00 Å². The fourth-order valence-corrected chi connectivity index (χ4v) is 4.11. The smallest absolute Gasteiger partial charge is 0.328 e. The Morgan fingerprint density at radius 2 is 1.88 bits per heavy atom. The molecular formula is C18H25NO4S. The Morgan fingerprint density at radius 3 is 2.50 bits per heavy atom. The van der Waals surface area contributed by atoms with Gasteiger partial charge in [-0.1, -0.05) is 37.5 Å². The zero-order valence-corrected chi connectivity index (χ0v) is 14.8. The number of nitrogens with one attached hydrogen (secondary N) is 1. The molecule has 1 fully saturated rings. The summed E-state index contributed by atoms with van der Waals surface area (Å²) in [5.41, 5.74) is 0. The zero-order chi connectivity index (χ0) is 17.4. The summed E-state index contributed by atoms with van der Waals surface area (Å²) in [6.07, 6.45) is 5.32. The standard InChI is InChI=1S/C18H25NO4S/c1-23-18(21)16(19-17(20)14-8-4-2-5-9-14)12-13-24(22)15-10-6-3-7-11-15/h3,6-7,10-11,14,16H,2,4-5,8-9,12-13H2,1H3,(H,19,20)/t16-,24+/m0/s1. The molecule has 2 rings (SSSR count). The first-order chi connectivity index (χ1) is 11.6. The lowest BCUT2D eigenvalue weighted by Gasteiger charge is -2.23. The summed E-state index contributed by atoms with van der Waals surface area (Å²) in [6, 6.07) is 8.37. The molecule has 1 saturated carbocycles. The van der Waals surface area contributed by atoms with E-state index in [1.807, 2.05) is 18.2 Å². The fraction of sp³-hybridized carbons (Fsp3) is 0.556. The molecule has 0 aliphatic heterocycles. The van der Waals surface area contributed by atoms with Crippen molar-refractivity contribution in [2.75, 3.05) is 12.9 Å². The van der Waals surface area contributed by atoms with Crippen LogP contribution in [0.5, 0.6) is 0 Å². The number of methoxy groups -OCH3 is 1. The summed E-state index contributed by atoms with van der Waals surface area (Å²) >= 11 is 0. The first-order valence-corrected chi connectivity index (χ1v) is 9.75. The van der Waals surface area contributed by atoms with E-state index in [9.17, 15) is 13.8 Å². The summed E-state index contributed by atoms with van der Waals surface area (Å²) in [5.74, 6) is -0.292. The lowest BCUT2D eigenvalue weighted by Crippen LogP contribution is -2.45. The third-order valence-electron chi connectivity index (χ3n) is 4.38. The highest BCUT2D eigenvalue weighted by molar-refractivity contribution is 7.85. The second-order valence-electron chi connectivity index (χ2n) is 6.07. The molecule has 6 heteroatoms. The van der Waals surface area contributed by atoms with Gasteiger partial charge in [-0.25, -0.2) is 4.79 Å². The molecule has 1 aromatic carbocycles. The van der Waals surface area contributed by atoms with E-state index < -0.39 is 22.8 Å². The summed E-state index contributed by atoms with van der Waals surface area (Å²) in [6.45, 7) is 0. The van der Waals surface area contributed by atoms with Crippen LogP contribution in [-0.2, 0) is 25.1 Å². The second-order valence-corrected chi connectivity index (χ2v) is 7.64. The molecule has 1 aliphatic carbocycles. The van der Waals surface area contributed by atoms with E-state index in [1.165, 1.54) is 13.5 Å². The third kappa shape index (κ3) is 5.44. The zero-order valence-electron chi connectivity index (χ0n) is 14.0. The molecule has 2 atom stereocenters. The van der Waals surface area contributed by atoms with E-state index in [2.05, 4.69) is 5.32 Å². The van der Waals surface area contributed by atoms with Crippen LogP contribution in [0, 0.1) is 5.92 Å². The maximum atomic E-state index is 12.3. The van der Waals surface area contributed by atoms with Crippen molar-refractivity contribution in [3.8, 4) is 0 Å². The van der Waals surface area contributed by atoms with Crippen LogP contribution in [0.3, 0.4) is 0 Å². The summed E-state index contributed by atoms with van der Waals surface area (Å²) < 4.78 is 17.1. The van der Waals surface area contributed by atoms with Gasteiger partial charge in [-0.05, 0) is 31.4 Å². The van der Waals surface area contributed by atoms with Gasteiger partial charge in [0.15, 0.2) is 0 Å². The van der Waals surface area contributed by atoms with Gasteiger partial charge in [-0.2, -0.15) is 0 Å². The average molecular weight is 351 g/mol. The van der Waals surface area contributed by atoms with Gasteiger partial charge in [0.05, 0.1) is 17.9 Å². The largest absolute Gasteiger partial charge is 0.467 e. The molecular weight excluding hydrogens is 326 g/mol. The van der Waals surface area contributed by atoms with Crippen LogP contribution >= 0.6 is 0 Å². The Morgan fingerprint density at radius 1 is 1.21 bits per heavy atom. The monoisotopic (exact) mass is 351 g/mol. The van der Waals surface area contributed by atoms with E-state index in [4.69, 9.17) is 4.74 Å². The van der Waals surface area contributed by atoms with Crippen LogP contribution in [-0.4, -0.2) is 35.0 Å². The van der Waals surface area contributed by atoms with Crippen molar-refractivity contribution in [3.63, 3.8) is 0 Å². The third-order valence-corrected chi connectivity index (χ3v) is 5.78. The number of carbonyl (C=O) groups is 2. The van der Waals surface area contributed by atoms with Crippen molar-refractivity contribution in [1.29, 1.82) is 0 Å². The summed E-state index contributed by atoms with van der Waals surface area (Å²) in [7, 11) is 0.101. The number of hydrogen-bond donors (Lipinski definition) is 1. The number of hydrogen-bond acceptors (Lipinski definition) is 4. The topological polar surface area (TPSA) is 72.5 Å². The lowest BCUT2D eigenvalue weighted by atomic mass is 9.88. The number of carbonyl (C=O) groups excluding carboxylic acids is 2. The molecule has 5 nitrogen and oxygen atoms in total. The van der Waals surface area contributed by atoms with E-state index in [1.54, 1.807) is 12.1 Å². The SMILES string of the molecule is COC(=O)[C@H](CC[S@@](=O)c1ccccc1)NC(=O)C1CCCCC1. The Hall–Kier alpha value is -1.69. The Labute approximate surface area is 145 Å². The van der Waals surface area contributed by atoms with Crippen molar-refractivity contribution >= 4 is 22.7 Å². The van der Waals surface area contributed by atoms with Gasteiger partial charge >= 0.3 is 5.97 Å². The Kier molecular flexibility index (Phi) is 7.43. The van der Waals surface area contributed by atoms with Crippen LogP contribution in [0.1, 0.15) is 38.5 Å². The van der Waals surface area contributed by atoms with Gasteiger partial charge in [0.25, 0.3) is 0 Å². The molecule has 0 aromatic heterocycles. The van der Waals surface area contributed by atoms with Crippen LogP contribution in [0.2, 0.25) is 0 Å². The molecule has 0 spiro atoms. The minimum atomic E-state index is -1.20. The van der Waals surface area contributed by atoms with E-state index in [0.29, 0.717) is 12.2 Å². The van der Waals surface area contributed by atoms with Gasteiger partial charge in [0, 0.05) is 16.6 Å². The lowest BCUT2D eigenvalue weighted by molar-refractivity contribution is -0.145. The van der Waals surface area contributed by atoms with Crippen molar-refractivity contribution in [2.45, 2.75) is 49.5 Å². The average Bonchev–Trinajstić information content (AvgIpc) is 2.65. The number of amides is 1. The minimum absolute atomic E-state index is 0.0227. The number of rotatable bonds is 7. The molecule has 0 saturated heterocycles. The predicted molar refractivity (Wildman–Crippen MR) is 92.9 cm³/mol. The highest BCUT2D eigenvalue weighted by Gasteiger charge is 2.27. The van der Waals surface area contributed by atoms with Gasteiger partial charge in [-0.15, -0.1) is 0 Å². The fourth-order valence-electron chi connectivity index (χ4n) is 2.96. The number of esters is 1. The molecule has 0 unspecified atom stereocenters. The van der Waals surface area contributed by atoms with Crippen LogP contribution in [0.25, 0.3) is 0 Å². The second kappa shape index (κ2) is 9.57. The van der Waals surface area contributed by atoms with Crippen molar-refractivity contribution < 1.29 is 18.5 Å². The van der Waals surface area contributed by atoms with Crippen LogP contribution in [0.4, 0.5) is 0 Å². The molecule has 0 bridgehead atoms. The molecule has 132 valence electrons. The molecule has 0 radical (unpaired) electrons. The number of ether oxygens (including phenoxy) is 1. The quantitative estimate of drug-likeness (QED) is 0.766. The molecule has 1 aliphatic rings. The first kappa shape index (κ1) is 18.6. The summed E-state index contributed by atoms with van der Waals surface area (Å²) in [4.78, 5) is 25.0. The van der Waals surface area contributed by atoms with E-state index in [0.717, 1.165) is 30.6 Å². The predicted octanol–water partition coefficient (Wildman–Crippen LogP) is 2.42. The molecule has 1 N–H and O–H groups in total. The van der Waals surface area contributed by atoms with Gasteiger partial charge in [0.2, 0.25) is 5.91 Å². The van der Waals surface area contributed by atoms with Crippen molar-refractivity contribution in [2.24, 2.45) is 5.92 Å². The molecule has 1 amide bonds. The summed E-state index contributed by atoms with van der Waals surface area (Å²) in [5, 5.41) is 2.80. The minimum Gasteiger partial charge on any atom is -0.467 e. The van der Waals surface area contributed by atoms with Crippen LogP contribution < -0.4 is 5.32 Å². The molecule has 24 heavy (non-hydrogen) atoms. The Balaban J connectivity index is 1.91. The van der Waals surface area contributed by atoms with Crippen molar-refractivity contribution in [1.82, 2.24) is 5.32 Å². The normalized spacial score (nSPS) is 17.7. The van der Waals surface area contributed by atoms with Crippen molar-refractivity contribution in [3.05, 3.63) is 30.3 Å². The maximum absolute atomic E-state index is 12.3. The first-order valence-electron chi connectivity index (χ1n) is 8.43. The van der Waals surface area contributed by atoms with E-state index >= 15 is 0 Å². The highest BCUT2D eigenvalue weighted by atomic mass is 32.2.